The summed E-state index contributed by atoms with van der Waals surface area (Å²) >= 11 is 0. The first-order valence-corrected chi connectivity index (χ1v) is 9.11. The van der Waals surface area contributed by atoms with Gasteiger partial charge in [-0.1, -0.05) is 29.3 Å². The lowest BCUT2D eigenvalue weighted by molar-refractivity contribution is 0.169. The van der Waals surface area contributed by atoms with Crippen molar-refractivity contribution in [3.05, 3.63) is 53.6 Å². The fraction of sp³-hybridized carbons (Fsp3) is 0.500. The molecule has 1 atom stereocenters. The van der Waals surface area contributed by atoms with Gasteiger partial charge in [-0.3, -0.25) is 0 Å². The number of piperidine rings is 1. The van der Waals surface area contributed by atoms with Gasteiger partial charge in [0, 0.05) is 37.6 Å². The Morgan fingerprint density at radius 2 is 1.92 bits per heavy atom. The number of benzene rings is 1. The van der Waals surface area contributed by atoms with Gasteiger partial charge in [0.25, 0.3) is 0 Å². The van der Waals surface area contributed by atoms with Crippen LogP contribution in [-0.2, 0) is 6.42 Å². The van der Waals surface area contributed by atoms with Crippen molar-refractivity contribution in [2.24, 2.45) is 0 Å². The third-order valence-electron chi connectivity index (χ3n) is 4.89. The molecule has 3 rings (SSSR count). The zero-order valence-electron chi connectivity index (χ0n) is 15.4. The van der Waals surface area contributed by atoms with E-state index in [1.807, 2.05) is 23.6 Å². The Labute approximate surface area is 150 Å². The number of aromatic nitrogens is 2. The first-order chi connectivity index (χ1) is 12.0. The van der Waals surface area contributed by atoms with Crippen LogP contribution in [0.25, 0.3) is 0 Å². The van der Waals surface area contributed by atoms with Crippen LogP contribution in [0.4, 0.5) is 4.79 Å². The maximum Gasteiger partial charge on any atom is 0.317 e. The smallest absolute Gasteiger partial charge is 0.317 e. The molecule has 2 heterocycles. The molecule has 1 fully saturated rings. The van der Waals surface area contributed by atoms with Crippen molar-refractivity contribution in [2.45, 2.75) is 52.1 Å². The average molecular weight is 340 g/mol. The number of amides is 2. The van der Waals surface area contributed by atoms with E-state index in [9.17, 15) is 4.79 Å². The van der Waals surface area contributed by atoms with E-state index in [1.165, 1.54) is 16.7 Å². The molecule has 1 aromatic carbocycles. The van der Waals surface area contributed by atoms with Gasteiger partial charge in [0.1, 0.15) is 0 Å². The number of urea groups is 1. The first-order valence-electron chi connectivity index (χ1n) is 9.11. The zero-order chi connectivity index (χ0) is 17.8. The van der Waals surface area contributed by atoms with Gasteiger partial charge in [-0.15, -0.1) is 0 Å². The molecular formula is C20H28N4O. The Balaban J connectivity index is 1.49. The molecule has 1 aliphatic rings. The lowest BCUT2D eigenvalue weighted by atomic mass is 10.0. The van der Waals surface area contributed by atoms with E-state index in [0.717, 1.165) is 32.4 Å². The number of likely N-dealkylation sites (tertiary alicyclic amines) is 1. The number of carbonyl (C=O) groups is 1. The summed E-state index contributed by atoms with van der Waals surface area (Å²) in [6, 6.07) is 7.22. The van der Waals surface area contributed by atoms with Crippen molar-refractivity contribution >= 4 is 6.03 Å². The van der Waals surface area contributed by atoms with E-state index in [2.05, 4.69) is 53.8 Å². The van der Waals surface area contributed by atoms with Crippen LogP contribution in [0.3, 0.4) is 0 Å². The number of nitrogens with one attached hydrogen (secondary N) is 1. The molecule has 2 aromatic rings. The van der Waals surface area contributed by atoms with Crippen LogP contribution in [0, 0.1) is 13.8 Å². The maximum atomic E-state index is 12.5. The second-order valence-corrected chi connectivity index (χ2v) is 7.28. The third-order valence-corrected chi connectivity index (χ3v) is 4.89. The summed E-state index contributed by atoms with van der Waals surface area (Å²) in [4.78, 5) is 18.6. The minimum atomic E-state index is 0.0564. The van der Waals surface area contributed by atoms with E-state index in [1.54, 1.807) is 0 Å². The van der Waals surface area contributed by atoms with Gasteiger partial charge in [0.05, 0.1) is 6.33 Å². The summed E-state index contributed by atoms with van der Waals surface area (Å²) in [5.74, 6) is 0. The highest BCUT2D eigenvalue weighted by Gasteiger charge is 2.24. The van der Waals surface area contributed by atoms with E-state index in [0.29, 0.717) is 6.04 Å². The normalized spacial score (nSPS) is 16.7. The third kappa shape index (κ3) is 4.62. The van der Waals surface area contributed by atoms with Crippen molar-refractivity contribution < 1.29 is 4.79 Å². The number of imidazole rings is 1. The van der Waals surface area contributed by atoms with Crippen LogP contribution in [0.5, 0.6) is 0 Å². The number of nitrogens with zero attached hydrogens (tertiary/aromatic N) is 3. The number of aryl methyl sites for hydroxylation is 2. The standard InChI is InChI=1S/C20H28N4O/c1-15-10-16(2)12-18(11-15)13-17(3)22-20(25)23-7-4-19(5-8-23)24-9-6-21-14-24/h6,9-12,14,17,19H,4-5,7-8,13H2,1-3H3,(H,22,25). The average Bonchev–Trinajstić information content (AvgIpc) is 3.08. The highest BCUT2D eigenvalue weighted by atomic mass is 16.2. The van der Waals surface area contributed by atoms with Crippen molar-refractivity contribution in [2.75, 3.05) is 13.1 Å². The molecule has 25 heavy (non-hydrogen) atoms. The summed E-state index contributed by atoms with van der Waals surface area (Å²) in [5.41, 5.74) is 3.83. The highest BCUT2D eigenvalue weighted by Crippen LogP contribution is 2.22. The van der Waals surface area contributed by atoms with Crippen molar-refractivity contribution in [3.8, 4) is 0 Å². The Kier molecular flexibility index (Phi) is 5.41. The molecule has 0 aliphatic carbocycles. The predicted molar refractivity (Wildman–Crippen MR) is 99.7 cm³/mol. The summed E-state index contributed by atoms with van der Waals surface area (Å²) in [6.07, 6.45) is 8.51. The van der Waals surface area contributed by atoms with E-state index < -0.39 is 0 Å². The monoisotopic (exact) mass is 340 g/mol. The number of hydrogen-bond acceptors (Lipinski definition) is 2. The molecule has 0 bridgehead atoms. The molecule has 1 aromatic heterocycles. The molecule has 1 saturated heterocycles. The summed E-state index contributed by atoms with van der Waals surface area (Å²) < 4.78 is 2.15. The van der Waals surface area contributed by atoms with Gasteiger partial charge in [0.15, 0.2) is 0 Å². The SMILES string of the molecule is Cc1cc(C)cc(CC(C)NC(=O)N2CCC(n3ccnc3)CC2)c1. The summed E-state index contributed by atoms with van der Waals surface area (Å²) in [6.45, 7) is 7.90. The van der Waals surface area contributed by atoms with Crippen LogP contribution < -0.4 is 5.32 Å². The molecule has 2 amide bonds. The van der Waals surface area contributed by atoms with Gasteiger partial charge < -0.3 is 14.8 Å². The quantitative estimate of drug-likeness (QED) is 0.926. The largest absolute Gasteiger partial charge is 0.335 e. The molecule has 0 radical (unpaired) electrons. The van der Waals surface area contributed by atoms with Crippen LogP contribution in [0.2, 0.25) is 0 Å². The Morgan fingerprint density at radius 3 is 2.52 bits per heavy atom. The van der Waals surface area contributed by atoms with Gasteiger partial charge in [-0.25, -0.2) is 9.78 Å². The van der Waals surface area contributed by atoms with Gasteiger partial charge in [-0.2, -0.15) is 0 Å². The molecule has 5 heteroatoms. The molecule has 1 N–H and O–H groups in total. The van der Waals surface area contributed by atoms with Gasteiger partial charge >= 0.3 is 6.03 Å². The Bertz CT molecular complexity index is 682. The van der Waals surface area contributed by atoms with Crippen LogP contribution in [-0.4, -0.2) is 39.6 Å². The summed E-state index contributed by atoms with van der Waals surface area (Å²) in [5, 5.41) is 3.15. The zero-order valence-corrected chi connectivity index (χ0v) is 15.4. The molecule has 134 valence electrons. The second-order valence-electron chi connectivity index (χ2n) is 7.28. The van der Waals surface area contributed by atoms with Crippen molar-refractivity contribution in [1.82, 2.24) is 19.8 Å². The molecule has 1 aliphatic heterocycles. The lowest BCUT2D eigenvalue weighted by Crippen LogP contribution is -2.47. The molecule has 5 nitrogen and oxygen atoms in total. The molecule has 1 unspecified atom stereocenters. The summed E-state index contributed by atoms with van der Waals surface area (Å²) in [7, 11) is 0. The highest BCUT2D eigenvalue weighted by molar-refractivity contribution is 5.74. The van der Waals surface area contributed by atoms with Crippen molar-refractivity contribution in [3.63, 3.8) is 0 Å². The predicted octanol–water partition coefficient (Wildman–Crippen LogP) is 3.48. The number of rotatable bonds is 4. The molecule has 0 spiro atoms. The maximum absolute atomic E-state index is 12.5. The van der Waals surface area contributed by atoms with Crippen molar-refractivity contribution in [1.29, 1.82) is 0 Å². The van der Waals surface area contributed by atoms with E-state index in [4.69, 9.17) is 0 Å². The fourth-order valence-corrected chi connectivity index (χ4v) is 3.75. The minimum Gasteiger partial charge on any atom is -0.335 e. The Morgan fingerprint density at radius 1 is 1.24 bits per heavy atom. The van der Waals surface area contributed by atoms with E-state index in [-0.39, 0.29) is 12.1 Å². The van der Waals surface area contributed by atoms with E-state index >= 15 is 0 Å². The lowest BCUT2D eigenvalue weighted by Gasteiger charge is -2.33. The van der Waals surface area contributed by atoms with Crippen LogP contribution >= 0.6 is 0 Å². The topological polar surface area (TPSA) is 50.2 Å². The molecular weight excluding hydrogens is 312 g/mol. The van der Waals surface area contributed by atoms with Crippen LogP contribution in [0.1, 0.15) is 42.5 Å². The first kappa shape index (κ1) is 17.5. The molecule has 0 saturated carbocycles. The number of hydrogen-bond donors (Lipinski definition) is 1. The number of carbonyl (C=O) groups excluding carboxylic acids is 1. The Hall–Kier alpha value is -2.30. The van der Waals surface area contributed by atoms with Gasteiger partial charge in [-0.05, 0) is 45.6 Å². The van der Waals surface area contributed by atoms with Gasteiger partial charge in [0.2, 0.25) is 0 Å². The minimum absolute atomic E-state index is 0.0564. The fourth-order valence-electron chi connectivity index (χ4n) is 3.75. The second kappa shape index (κ2) is 7.72. The van der Waals surface area contributed by atoms with Crippen LogP contribution in [0.15, 0.2) is 36.9 Å².